The molecule has 2 atom stereocenters. The molecule has 6 nitrogen and oxygen atoms in total. The third-order valence-electron chi connectivity index (χ3n) is 4.89. The molecular weight excluding hydrogens is 284 g/mol. The van der Waals surface area contributed by atoms with Gasteiger partial charge in [-0.15, -0.1) is 0 Å². The fraction of sp³-hybridized carbons (Fsp3) is 0.875. The van der Waals surface area contributed by atoms with E-state index in [4.69, 9.17) is 10.2 Å². The summed E-state index contributed by atoms with van der Waals surface area (Å²) in [5, 5.41) is 18.0. The van der Waals surface area contributed by atoms with Gasteiger partial charge in [-0.1, -0.05) is 20.8 Å². The third-order valence-corrected chi connectivity index (χ3v) is 4.89. The minimum absolute atomic E-state index is 0.0758. The molecular formula is C16H28N2O4. The molecule has 2 N–H and O–H groups in total. The fourth-order valence-corrected chi connectivity index (χ4v) is 4.51. The number of carbonyl (C=O) groups excluding carboxylic acids is 2. The van der Waals surface area contributed by atoms with Crippen molar-refractivity contribution in [3.05, 3.63) is 0 Å². The Labute approximate surface area is 132 Å². The number of amides is 2. The fourth-order valence-electron chi connectivity index (χ4n) is 4.51. The van der Waals surface area contributed by atoms with E-state index in [0.29, 0.717) is 6.54 Å². The smallest absolute Gasteiger partial charge is 0.312 e. The summed E-state index contributed by atoms with van der Waals surface area (Å²) in [4.78, 5) is 27.9. The van der Waals surface area contributed by atoms with Crippen LogP contribution in [0.15, 0.2) is 0 Å². The molecule has 0 radical (unpaired) electrons. The number of hydrogen-bond donors (Lipinski definition) is 2. The van der Waals surface area contributed by atoms with Gasteiger partial charge >= 0.3 is 11.8 Å². The molecule has 22 heavy (non-hydrogen) atoms. The Morgan fingerprint density at radius 1 is 1.14 bits per heavy atom. The molecule has 0 aromatic rings. The topological polar surface area (TPSA) is 81.1 Å². The van der Waals surface area contributed by atoms with Crippen molar-refractivity contribution in [2.45, 2.75) is 46.1 Å². The van der Waals surface area contributed by atoms with Crippen molar-refractivity contribution in [1.29, 1.82) is 0 Å². The number of fused-ring (bicyclic) bond motifs is 2. The molecule has 2 bridgehead atoms. The summed E-state index contributed by atoms with van der Waals surface area (Å²) in [6, 6.07) is 0.121. The van der Waals surface area contributed by atoms with Crippen LogP contribution >= 0.6 is 0 Å². The van der Waals surface area contributed by atoms with Crippen LogP contribution in [-0.2, 0) is 9.59 Å². The van der Waals surface area contributed by atoms with Crippen molar-refractivity contribution >= 4 is 11.8 Å². The van der Waals surface area contributed by atoms with Crippen molar-refractivity contribution in [2.24, 2.45) is 10.8 Å². The van der Waals surface area contributed by atoms with Gasteiger partial charge in [0.15, 0.2) is 0 Å². The minimum atomic E-state index is -0.614. The van der Waals surface area contributed by atoms with Crippen molar-refractivity contribution in [2.75, 3.05) is 32.8 Å². The maximum Gasteiger partial charge on any atom is 0.312 e. The zero-order valence-electron chi connectivity index (χ0n) is 13.8. The average molecular weight is 312 g/mol. The molecule has 0 spiro atoms. The Morgan fingerprint density at radius 3 is 2.27 bits per heavy atom. The van der Waals surface area contributed by atoms with Crippen LogP contribution in [-0.4, -0.2) is 70.7 Å². The Balaban J connectivity index is 2.11. The molecule has 1 saturated heterocycles. The van der Waals surface area contributed by atoms with Crippen LogP contribution in [0.3, 0.4) is 0 Å². The number of hydrogen-bond acceptors (Lipinski definition) is 4. The second-order valence-corrected chi connectivity index (χ2v) is 7.89. The number of carbonyl (C=O) groups is 2. The van der Waals surface area contributed by atoms with E-state index in [1.807, 2.05) is 0 Å². The number of aliphatic hydroxyl groups excluding tert-OH is 2. The van der Waals surface area contributed by atoms with E-state index in [-0.39, 0.29) is 43.2 Å². The molecule has 6 heteroatoms. The van der Waals surface area contributed by atoms with Crippen molar-refractivity contribution in [3.63, 3.8) is 0 Å². The molecule has 2 fully saturated rings. The van der Waals surface area contributed by atoms with E-state index < -0.39 is 11.8 Å². The van der Waals surface area contributed by atoms with Crippen LogP contribution < -0.4 is 0 Å². The van der Waals surface area contributed by atoms with Gasteiger partial charge in [0.1, 0.15) is 0 Å². The van der Waals surface area contributed by atoms with Gasteiger partial charge in [0.2, 0.25) is 0 Å². The lowest BCUT2D eigenvalue weighted by Gasteiger charge is -2.39. The standard InChI is InChI=1S/C16H28N2O4/c1-15(2)8-12-9-16(3,10-15)11-18(12)14(22)13(21)17(4-6-19)5-7-20/h12,19-20H,4-11H2,1-3H3. The lowest BCUT2D eigenvalue weighted by Crippen LogP contribution is -2.49. The predicted octanol–water partition coefficient (Wildman–Crippen LogP) is 0.227. The summed E-state index contributed by atoms with van der Waals surface area (Å²) in [6.07, 6.45) is 2.93. The first-order chi connectivity index (χ1) is 10.2. The van der Waals surface area contributed by atoms with Crippen LogP contribution in [0.4, 0.5) is 0 Å². The Hall–Kier alpha value is -1.14. The van der Waals surface area contributed by atoms with Crippen LogP contribution in [0.1, 0.15) is 40.0 Å². The number of nitrogens with zero attached hydrogens (tertiary/aromatic N) is 2. The number of aliphatic hydroxyl groups is 2. The van der Waals surface area contributed by atoms with Crippen LogP contribution in [0, 0.1) is 10.8 Å². The van der Waals surface area contributed by atoms with E-state index in [0.717, 1.165) is 19.3 Å². The molecule has 1 heterocycles. The van der Waals surface area contributed by atoms with Crippen molar-refractivity contribution < 1.29 is 19.8 Å². The monoisotopic (exact) mass is 312 g/mol. The summed E-state index contributed by atoms with van der Waals surface area (Å²) in [6.45, 7) is 6.98. The molecule has 2 unspecified atom stereocenters. The molecule has 1 saturated carbocycles. The van der Waals surface area contributed by atoms with Crippen LogP contribution in [0.5, 0.6) is 0 Å². The largest absolute Gasteiger partial charge is 0.395 e. The molecule has 126 valence electrons. The normalized spacial score (nSPS) is 29.5. The highest BCUT2D eigenvalue weighted by molar-refractivity contribution is 6.35. The molecule has 1 aliphatic heterocycles. The Kier molecular flexibility index (Phi) is 4.82. The van der Waals surface area contributed by atoms with Gasteiger partial charge in [0.05, 0.1) is 13.2 Å². The van der Waals surface area contributed by atoms with E-state index >= 15 is 0 Å². The highest BCUT2D eigenvalue weighted by Crippen LogP contribution is 2.52. The summed E-state index contributed by atoms with van der Waals surface area (Å²) < 4.78 is 0. The second-order valence-electron chi connectivity index (χ2n) is 7.89. The SMILES string of the molecule is CC1(C)CC2CC(C)(CN2C(=O)C(=O)N(CCO)CCO)C1. The molecule has 2 amide bonds. The average Bonchev–Trinajstić information content (AvgIpc) is 2.66. The van der Waals surface area contributed by atoms with Gasteiger partial charge in [0, 0.05) is 25.7 Å². The zero-order valence-corrected chi connectivity index (χ0v) is 13.8. The van der Waals surface area contributed by atoms with Gasteiger partial charge in [-0.3, -0.25) is 9.59 Å². The van der Waals surface area contributed by atoms with E-state index in [2.05, 4.69) is 20.8 Å². The van der Waals surface area contributed by atoms with Crippen molar-refractivity contribution in [3.8, 4) is 0 Å². The van der Waals surface area contributed by atoms with Gasteiger partial charge in [0.25, 0.3) is 0 Å². The third kappa shape index (κ3) is 3.43. The summed E-state index contributed by atoms with van der Waals surface area (Å²) >= 11 is 0. The summed E-state index contributed by atoms with van der Waals surface area (Å²) in [5.41, 5.74) is 0.271. The number of likely N-dealkylation sites (tertiary alicyclic amines) is 1. The maximum absolute atomic E-state index is 12.6. The second kappa shape index (κ2) is 6.16. The Bertz CT molecular complexity index is 445. The quantitative estimate of drug-likeness (QED) is 0.728. The van der Waals surface area contributed by atoms with Gasteiger partial charge in [-0.25, -0.2) is 0 Å². The molecule has 0 aromatic heterocycles. The van der Waals surface area contributed by atoms with Crippen molar-refractivity contribution in [1.82, 2.24) is 9.80 Å². The van der Waals surface area contributed by atoms with Crippen LogP contribution in [0.25, 0.3) is 0 Å². The van der Waals surface area contributed by atoms with E-state index in [1.165, 1.54) is 4.90 Å². The maximum atomic E-state index is 12.6. The molecule has 2 rings (SSSR count). The lowest BCUT2D eigenvalue weighted by molar-refractivity contribution is -0.153. The first kappa shape index (κ1) is 17.2. The summed E-state index contributed by atoms with van der Waals surface area (Å²) in [5.74, 6) is -1.11. The van der Waals surface area contributed by atoms with E-state index in [9.17, 15) is 9.59 Å². The molecule has 2 aliphatic rings. The number of rotatable bonds is 4. The lowest BCUT2D eigenvalue weighted by atomic mass is 9.65. The first-order valence-electron chi connectivity index (χ1n) is 8.03. The van der Waals surface area contributed by atoms with E-state index in [1.54, 1.807) is 4.90 Å². The Morgan fingerprint density at radius 2 is 1.73 bits per heavy atom. The summed E-state index contributed by atoms with van der Waals surface area (Å²) in [7, 11) is 0. The first-order valence-corrected chi connectivity index (χ1v) is 8.03. The van der Waals surface area contributed by atoms with Crippen LogP contribution in [0.2, 0.25) is 0 Å². The van der Waals surface area contributed by atoms with Gasteiger partial charge in [-0.2, -0.15) is 0 Å². The van der Waals surface area contributed by atoms with Gasteiger partial charge < -0.3 is 20.0 Å². The highest BCUT2D eigenvalue weighted by atomic mass is 16.3. The van der Waals surface area contributed by atoms with Gasteiger partial charge in [-0.05, 0) is 30.1 Å². The highest BCUT2D eigenvalue weighted by Gasteiger charge is 2.52. The zero-order chi connectivity index (χ0) is 16.5. The predicted molar refractivity (Wildman–Crippen MR) is 82.0 cm³/mol. The minimum Gasteiger partial charge on any atom is -0.395 e. The molecule has 0 aromatic carbocycles. The molecule has 1 aliphatic carbocycles.